The van der Waals surface area contributed by atoms with Crippen LogP contribution in [0.1, 0.15) is 19.8 Å². The normalized spacial score (nSPS) is 16.8. The van der Waals surface area contributed by atoms with Gasteiger partial charge >= 0.3 is 0 Å². The summed E-state index contributed by atoms with van der Waals surface area (Å²) in [6.07, 6.45) is 0.233. The summed E-state index contributed by atoms with van der Waals surface area (Å²) >= 11 is 0. The van der Waals surface area contributed by atoms with Crippen molar-refractivity contribution >= 4 is 0 Å². The monoisotopic (exact) mass is 149 g/mol. The van der Waals surface area contributed by atoms with Crippen LogP contribution in [0, 0.1) is 5.92 Å². The lowest BCUT2D eigenvalue weighted by Crippen LogP contribution is -2.27. The van der Waals surface area contributed by atoms with Crippen LogP contribution in [-0.4, -0.2) is 28.3 Å². The van der Waals surface area contributed by atoms with Gasteiger partial charge < -0.3 is 15.4 Å². The molecule has 0 saturated carbocycles. The standard InChI is InChI=1S/C6H15NO3/c1-5(2-3-8)4-6(9)7-10/h5-10H,2-4H2,1H3. The highest BCUT2D eigenvalue weighted by Gasteiger charge is 2.07. The minimum absolute atomic E-state index is 0.124. The predicted octanol–water partition coefficient (Wildman–Crippen LogP) is -0.308. The summed E-state index contributed by atoms with van der Waals surface area (Å²) in [7, 11) is 0. The fourth-order valence-electron chi connectivity index (χ4n) is 0.772. The molecule has 0 radical (unpaired) electrons. The van der Waals surface area contributed by atoms with Crippen molar-refractivity contribution in [3.05, 3.63) is 0 Å². The van der Waals surface area contributed by atoms with Crippen LogP contribution in [0.4, 0.5) is 0 Å². The predicted molar refractivity (Wildman–Crippen MR) is 36.4 cm³/mol. The smallest absolute Gasteiger partial charge is 0.127 e. The first-order valence-electron chi connectivity index (χ1n) is 3.39. The van der Waals surface area contributed by atoms with Crippen LogP contribution in [0.5, 0.6) is 0 Å². The number of aliphatic hydroxyl groups is 2. The summed E-state index contributed by atoms with van der Waals surface area (Å²) in [5.41, 5.74) is 1.73. The third-order valence-electron chi connectivity index (χ3n) is 1.40. The molecule has 4 nitrogen and oxygen atoms in total. The van der Waals surface area contributed by atoms with E-state index < -0.39 is 6.23 Å². The second kappa shape index (κ2) is 5.61. The molecule has 0 saturated heterocycles. The highest BCUT2D eigenvalue weighted by atomic mass is 16.5. The average Bonchev–Trinajstić information content (AvgIpc) is 1.88. The van der Waals surface area contributed by atoms with Gasteiger partial charge in [0.05, 0.1) is 0 Å². The van der Waals surface area contributed by atoms with Crippen LogP contribution in [0.3, 0.4) is 0 Å². The van der Waals surface area contributed by atoms with E-state index in [4.69, 9.17) is 15.4 Å². The number of hydroxylamine groups is 1. The van der Waals surface area contributed by atoms with Gasteiger partial charge in [0.1, 0.15) is 6.23 Å². The van der Waals surface area contributed by atoms with Gasteiger partial charge in [-0.3, -0.25) is 0 Å². The van der Waals surface area contributed by atoms with Crippen molar-refractivity contribution in [2.24, 2.45) is 5.92 Å². The highest BCUT2D eigenvalue weighted by molar-refractivity contribution is 4.55. The molecule has 62 valence electrons. The molecular formula is C6H15NO3. The second-order valence-electron chi connectivity index (χ2n) is 2.50. The molecule has 0 heterocycles. The summed E-state index contributed by atoms with van der Waals surface area (Å²) < 4.78 is 0. The lowest BCUT2D eigenvalue weighted by atomic mass is 10.0. The molecule has 4 N–H and O–H groups in total. The largest absolute Gasteiger partial charge is 0.396 e. The van der Waals surface area contributed by atoms with Gasteiger partial charge in [-0.2, -0.15) is 5.48 Å². The Balaban J connectivity index is 3.27. The van der Waals surface area contributed by atoms with Gasteiger partial charge in [-0.1, -0.05) is 6.92 Å². The zero-order chi connectivity index (χ0) is 7.98. The molecule has 0 aliphatic carbocycles. The molecule has 0 fully saturated rings. The van der Waals surface area contributed by atoms with E-state index in [1.807, 2.05) is 6.92 Å². The molecule has 2 atom stereocenters. The Morgan fingerprint density at radius 3 is 2.50 bits per heavy atom. The van der Waals surface area contributed by atoms with Gasteiger partial charge in [0.15, 0.2) is 0 Å². The second-order valence-corrected chi connectivity index (χ2v) is 2.50. The summed E-state index contributed by atoms with van der Waals surface area (Å²) in [6, 6.07) is 0. The van der Waals surface area contributed by atoms with Gasteiger partial charge in [0.25, 0.3) is 0 Å². The summed E-state index contributed by atoms with van der Waals surface area (Å²) in [4.78, 5) is 0. The fourth-order valence-corrected chi connectivity index (χ4v) is 0.772. The molecule has 0 bridgehead atoms. The molecule has 0 spiro atoms. The molecule has 0 aromatic carbocycles. The van der Waals surface area contributed by atoms with Crippen LogP contribution in [0.15, 0.2) is 0 Å². The minimum Gasteiger partial charge on any atom is -0.396 e. The van der Waals surface area contributed by atoms with Crippen LogP contribution >= 0.6 is 0 Å². The van der Waals surface area contributed by atoms with E-state index in [1.54, 1.807) is 5.48 Å². The van der Waals surface area contributed by atoms with Crippen molar-refractivity contribution in [1.82, 2.24) is 5.48 Å². The maximum atomic E-state index is 8.81. The topological polar surface area (TPSA) is 72.7 Å². The van der Waals surface area contributed by atoms with Gasteiger partial charge in [0.2, 0.25) is 0 Å². The molecule has 0 aliphatic rings. The van der Waals surface area contributed by atoms with Crippen LogP contribution in [-0.2, 0) is 0 Å². The Morgan fingerprint density at radius 2 is 2.10 bits per heavy atom. The van der Waals surface area contributed by atoms with Crippen molar-refractivity contribution in [3.63, 3.8) is 0 Å². The molecule has 0 aliphatic heterocycles. The number of nitrogens with one attached hydrogen (secondary N) is 1. The van der Waals surface area contributed by atoms with E-state index in [1.165, 1.54) is 0 Å². The molecule has 4 heteroatoms. The first-order chi connectivity index (χ1) is 4.70. The Morgan fingerprint density at radius 1 is 1.50 bits per heavy atom. The number of hydrogen-bond acceptors (Lipinski definition) is 4. The van der Waals surface area contributed by atoms with Gasteiger partial charge in [-0.25, -0.2) is 0 Å². The highest BCUT2D eigenvalue weighted by Crippen LogP contribution is 2.07. The maximum Gasteiger partial charge on any atom is 0.127 e. The van der Waals surface area contributed by atoms with Crippen molar-refractivity contribution in [1.29, 1.82) is 0 Å². The molecule has 10 heavy (non-hydrogen) atoms. The van der Waals surface area contributed by atoms with Crippen LogP contribution in [0.25, 0.3) is 0 Å². The fraction of sp³-hybridized carbons (Fsp3) is 1.00. The quantitative estimate of drug-likeness (QED) is 0.319. The number of aliphatic hydroxyl groups excluding tert-OH is 2. The molecule has 0 aromatic heterocycles. The van der Waals surface area contributed by atoms with E-state index in [9.17, 15) is 0 Å². The van der Waals surface area contributed by atoms with Crippen molar-refractivity contribution < 1.29 is 15.4 Å². The zero-order valence-electron chi connectivity index (χ0n) is 6.12. The minimum atomic E-state index is -0.874. The van der Waals surface area contributed by atoms with E-state index >= 15 is 0 Å². The summed E-state index contributed by atoms with van der Waals surface area (Å²) in [5, 5.41) is 25.5. The number of hydrogen-bond donors (Lipinski definition) is 4. The Kier molecular flexibility index (Phi) is 5.52. The van der Waals surface area contributed by atoms with E-state index in [0.717, 1.165) is 0 Å². The van der Waals surface area contributed by atoms with Crippen molar-refractivity contribution in [2.75, 3.05) is 6.61 Å². The van der Waals surface area contributed by atoms with Crippen molar-refractivity contribution in [3.8, 4) is 0 Å². The van der Waals surface area contributed by atoms with Crippen molar-refractivity contribution in [2.45, 2.75) is 26.0 Å². The SMILES string of the molecule is CC(CCO)CC(O)NO. The summed E-state index contributed by atoms with van der Waals surface area (Å²) in [5.74, 6) is 0.222. The number of rotatable bonds is 5. The van der Waals surface area contributed by atoms with Gasteiger partial charge in [-0.15, -0.1) is 0 Å². The lowest BCUT2D eigenvalue weighted by molar-refractivity contribution is -0.0121. The van der Waals surface area contributed by atoms with E-state index in [2.05, 4.69) is 0 Å². The average molecular weight is 149 g/mol. The molecule has 2 unspecified atom stereocenters. The molecule has 0 rings (SSSR count). The van der Waals surface area contributed by atoms with E-state index in [-0.39, 0.29) is 12.5 Å². The third kappa shape index (κ3) is 4.69. The first kappa shape index (κ1) is 9.84. The van der Waals surface area contributed by atoms with E-state index in [0.29, 0.717) is 12.8 Å². The lowest BCUT2D eigenvalue weighted by Gasteiger charge is -2.13. The molecule has 0 amide bonds. The van der Waals surface area contributed by atoms with Gasteiger partial charge in [-0.05, 0) is 18.8 Å². The Hall–Kier alpha value is -0.160. The zero-order valence-corrected chi connectivity index (χ0v) is 6.12. The van der Waals surface area contributed by atoms with Crippen LogP contribution < -0.4 is 5.48 Å². The third-order valence-corrected chi connectivity index (χ3v) is 1.40. The molecular weight excluding hydrogens is 134 g/mol. The molecule has 0 aromatic rings. The first-order valence-corrected chi connectivity index (χ1v) is 3.39. The Bertz CT molecular complexity index is 79.4. The van der Waals surface area contributed by atoms with Crippen LogP contribution in [0.2, 0.25) is 0 Å². The maximum absolute atomic E-state index is 8.81. The van der Waals surface area contributed by atoms with Gasteiger partial charge in [0, 0.05) is 6.61 Å². The summed E-state index contributed by atoms with van der Waals surface area (Å²) in [6.45, 7) is 2.02. The Labute approximate surface area is 60.5 Å².